The van der Waals surface area contributed by atoms with Crippen molar-refractivity contribution in [1.82, 2.24) is 0 Å². The summed E-state index contributed by atoms with van der Waals surface area (Å²) in [7, 11) is 0. The summed E-state index contributed by atoms with van der Waals surface area (Å²) < 4.78 is 0. The third-order valence-corrected chi connectivity index (χ3v) is 7.19. The first-order chi connectivity index (χ1) is 14.7. The van der Waals surface area contributed by atoms with Crippen LogP contribution in [0.15, 0.2) is 0 Å². The lowest BCUT2D eigenvalue weighted by molar-refractivity contribution is -0.243. The molecule has 0 aromatic rings. The van der Waals surface area contributed by atoms with Crippen LogP contribution in [-0.4, -0.2) is 117 Å². The molecular formula is C19H26O13. The van der Waals surface area contributed by atoms with Crippen LogP contribution in [0.25, 0.3) is 0 Å². The second-order valence-corrected chi connectivity index (χ2v) is 8.90. The predicted molar refractivity (Wildman–Crippen MR) is 97.6 cm³/mol. The van der Waals surface area contributed by atoms with Gasteiger partial charge >= 0.3 is 5.97 Å². The molecule has 1 spiro atoms. The summed E-state index contributed by atoms with van der Waals surface area (Å²) in [5, 5.41) is 92.8. The number of ketones is 3. The van der Waals surface area contributed by atoms with E-state index in [0.29, 0.717) is 0 Å². The van der Waals surface area contributed by atoms with Crippen LogP contribution in [0.2, 0.25) is 0 Å². The van der Waals surface area contributed by atoms with Gasteiger partial charge in [0, 0.05) is 25.7 Å². The number of hydrogen-bond donors (Lipinski definition) is 9. The Labute approximate surface area is 180 Å². The van der Waals surface area contributed by atoms with Crippen molar-refractivity contribution in [1.29, 1.82) is 0 Å². The minimum absolute atomic E-state index is 0.00504. The molecular weight excluding hydrogens is 436 g/mol. The zero-order valence-electron chi connectivity index (χ0n) is 16.7. The molecule has 0 aromatic heterocycles. The van der Waals surface area contributed by atoms with E-state index in [-0.39, 0.29) is 6.42 Å². The van der Waals surface area contributed by atoms with Crippen LogP contribution < -0.4 is 0 Å². The van der Waals surface area contributed by atoms with Crippen LogP contribution in [-0.2, 0) is 19.2 Å². The molecule has 13 nitrogen and oxygen atoms in total. The van der Waals surface area contributed by atoms with Gasteiger partial charge in [-0.1, -0.05) is 0 Å². The Morgan fingerprint density at radius 1 is 0.781 bits per heavy atom. The normalized spacial score (nSPS) is 46.8. The average molecular weight is 462 g/mol. The van der Waals surface area contributed by atoms with Gasteiger partial charge < -0.3 is 46.0 Å². The van der Waals surface area contributed by atoms with Gasteiger partial charge in [-0.15, -0.1) is 0 Å². The molecule has 0 amide bonds. The number of hydrogen-bond acceptors (Lipinski definition) is 12. The monoisotopic (exact) mass is 462 g/mol. The fourth-order valence-corrected chi connectivity index (χ4v) is 5.46. The molecule has 9 N–H and O–H groups in total. The Bertz CT molecular complexity index is 825. The summed E-state index contributed by atoms with van der Waals surface area (Å²) in [6.07, 6.45) is -16.4. The first kappa shape index (κ1) is 24.8. The number of aliphatic hydroxyl groups is 8. The first-order valence-corrected chi connectivity index (χ1v) is 10.0. The van der Waals surface area contributed by atoms with E-state index < -0.39 is 108 Å². The fourth-order valence-electron chi connectivity index (χ4n) is 5.46. The average Bonchev–Trinajstić information content (AvgIpc) is 2.70. The number of aliphatic carboxylic acids is 1. The summed E-state index contributed by atoms with van der Waals surface area (Å²) in [5.41, 5.74) is -9.60. The van der Waals surface area contributed by atoms with E-state index in [0.717, 1.165) is 0 Å². The summed E-state index contributed by atoms with van der Waals surface area (Å²) in [4.78, 5) is 51.2. The van der Waals surface area contributed by atoms with Crippen LogP contribution in [0.1, 0.15) is 32.1 Å². The Balaban J connectivity index is 2.23. The molecule has 0 aliphatic heterocycles. The third-order valence-electron chi connectivity index (χ3n) is 7.19. The maximum Gasteiger partial charge on any atom is 0.336 e. The Hall–Kier alpha value is -1.84. The maximum atomic E-state index is 13.6. The quantitative estimate of drug-likeness (QED) is 0.178. The minimum atomic E-state index is -3.35. The van der Waals surface area contributed by atoms with Gasteiger partial charge in [-0.05, 0) is 6.42 Å². The van der Waals surface area contributed by atoms with Crippen molar-refractivity contribution in [2.45, 2.75) is 79.9 Å². The smallest absolute Gasteiger partial charge is 0.336 e. The standard InChI is InChI=1S/C19H26O13/c20-6-4-17(31,16(29)30)10(13(26)11(6)24)14(27)18(32)5-7(21)12(25)15(28)19(18)8(22)2-1-3-9(19)23/h6-7,10-13,15,20-21,24-26,28,31-32H,1-5H2,(H,29,30)/t6-,7-,10?,11?,12?,13-,15+,17?,18?/m1/s1. The summed E-state index contributed by atoms with van der Waals surface area (Å²) in [6.45, 7) is 0. The molecule has 0 aromatic carbocycles. The number of aliphatic hydroxyl groups excluding tert-OH is 6. The van der Waals surface area contributed by atoms with Crippen LogP contribution in [0.5, 0.6) is 0 Å². The maximum absolute atomic E-state index is 13.6. The van der Waals surface area contributed by atoms with Crippen molar-refractivity contribution in [2.24, 2.45) is 11.3 Å². The third kappa shape index (κ3) is 3.00. The van der Waals surface area contributed by atoms with Crippen molar-refractivity contribution in [3.8, 4) is 0 Å². The number of carbonyl (C=O) groups is 4. The van der Waals surface area contributed by atoms with Gasteiger partial charge in [0.25, 0.3) is 0 Å². The van der Waals surface area contributed by atoms with E-state index in [2.05, 4.69) is 0 Å². The number of rotatable bonds is 3. The molecule has 180 valence electrons. The van der Waals surface area contributed by atoms with Crippen molar-refractivity contribution >= 4 is 23.3 Å². The molecule has 0 saturated heterocycles. The molecule has 9 atom stereocenters. The number of carbonyl (C=O) groups excluding carboxylic acids is 3. The Morgan fingerprint density at radius 2 is 1.28 bits per heavy atom. The molecule has 0 bridgehead atoms. The van der Waals surface area contributed by atoms with Crippen molar-refractivity contribution in [3.05, 3.63) is 0 Å². The molecule has 13 heteroatoms. The summed E-state index contributed by atoms with van der Waals surface area (Å²) in [5.74, 6) is -8.79. The van der Waals surface area contributed by atoms with Gasteiger partial charge in [-0.3, -0.25) is 14.4 Å². The molecule has 3 saturated carbocycles. The van der Waals surface area contributed by atoms with Gasteiger partial charge in [0.15, 0.2) is 28.4 Å². The zero-order valence-corrected chi connectivity index (χ0v) is 16.7. The minimum Gasteiger partial charge on any atom is -0.479 e. The highest BCUT2D eigenvalue weighted by Crippen LogP contribution is 2.53. The van der Waals surface area contributed by atoms with Crippen molar-refractivity contribution in [2.75, 3.05) is 0 Å². The van der Waals surface area contributed by atoms with E-state index in [4.69, 9.17) is 0 Å². The molecule has 3 aliphatic rings. The molecule has 0 radical (unpaired) electrons. The lowest BCUT2D eigenvalue weighted by atomic mass is 9.49. The first-order valence-electron chi connectivity index (χ1n) is 10.0. The van der Waals surface area contributed by atoms with E-state index in [9.17, 15) is 65.1 Å². The molecule has 3 fully saturated rings. The van der Waals surface area contributed by atoms with Gasteiger partial charge in [0.05, 0.1) is 24.2 Å². The number of carboxylic acids is 1. The van der Waals surface area contributed by atoms with Gasteiger partial charge in [0.1, 0.15) is 23.9 Å². The SMILES string of the molecule is O=C(O)C1(O)C[C@@H](O)C(O)[C@H](O)C1C(=O)C1(O)C[C@@H](O)C(O)[C@H](O)C12C(=O)CCCC2=O. The van der Waals surface area contributed by atoms with Gasteiger partial charge in [0.2, 0.25) is 0 Å². The summed E-state index contributed by atoms with van der Waals surface area (Å²) in [6, 6.07) is 0. The zero-order chi connectivity index (χ0) is 24.4. The highest BCUT2D eigenvalue weighted by atomic mass is 16.4. The van der Waals surface area contributed by atoms with E-state index in [1.165, 1.54) is 0 Å². The molecule has 5 unspecified atom stereocenters. The Morgan fingerprint density at radius 3 is 1.78 bits per heavy atom. The predicted octanol–water partition coefficient (Wildman–Crippen LogP) is -5.00. The van der Waals surface area contributed by atoms with Crippen LogP contribution in [0.4, 0.5) is 0 Å². The second-order valence-electron chi connectivity index (χ2n) is 8.90. The second kappa shape index (κ2) is 7.88. The van der Waals surface area contributed by atoms with Crippen LogP contribution in [0.3, 0.4) is 0 Å². The Kier molecular flexibility index (Phi) is 6.11. The van der Waals surface area contributed by atoms with Gasteiger partial charge in [-0.2, -0.15) is 0 Å². The van der Waals surface area contributed by atoms with E-state index in [1.807, 2.05) is 0 Å². The van der Waals surface area contributed by atoms with Crippen LogP contribution in [0, 0.1) is 11.3 Å². The highest BCUT2D eigenvalue weighted by Gasteiger charge is 2.75. The summed E-state index contributed by atoms with van der Waals surface area (Å²) >= 11 is 0. The van der Waals surface area contributed by atoms with Gasteiger partial charge in [-0.25, -0.2) is 4.79 Å². The molecule has 3 aliphatic carbocycles. The van der Waals surface area contributed by atoms with Crippen molar-refractivity contribution < 1.29 is 65.1 Å². The topological polar surface area (TPSA) is 250 Å². The largest absolute Gasteiger partial charge is 0.479 e. The highest BCUT2D eigenvalue weighted by molar-refractivity contribution is 6.16. The van der Waals surface area contributed by atoms with Crippen LogP contribution >= 0.6 is 0 Å². The fraction of sp³-hybridized carbons (Fsp3) is 0.789. The lowest BCUT2D eigenvalue weighted by Gasteiger charge is -2.56. The molecule has 32 heavy (non-hydrogen) atoms. The molecule has 3 rings (SSSR count). The van der Waals surface area contributed by atoms with Crippen molar-refractivity contribution in [3.63, 3.8) is 0 Å². The number of carboxylic acid groups (broad SMARTS) is 1. The lowest BCUT2D eigenvalue weighted by Crippen LogP contribution is -2.78. The molecule has 0 heterocycles. The number of Topliss-reactive ketones (excluding diaryl/α,β-unsaturated/α-hetero) is 3. The van der Waals surface area contributed by atoms with E-state index in [1.54, 1.807) is 0 Å². The van der Waals surface area contributed by atoms with E-state index >= 15 is 0 Å².